The molecule has 1 aliphatic rings. The van der Waals surface area contributed by atoms with Crippen LogP contribution in [-0.4, -0.2) is 48.2 Å². The summed E-state index contributed by atoms with van der Waals surface area (Å²) in [5.41, 5.74) is 4.26. The molecule has 28 heavy (non-hydrogen) atoms. The number of carbonyl (C=O) groups is 1. The zero-order valence-corrected chi connectivity index (χ0v) is 16.4. The van der Waals surface area contributed by atoms with E-state index in [1.807, 2.05) is 53.3 Å². The highest BCUT2D eigenvalue weighted by Crippen LogP contribution is 2.44. The summed E-state index contributed by atoms with van der Waals surface area (Å²) in [4.78, 5) is 12.0. The van der Waals surface area contributed by atoms with Crippen LogP contribution in [0.25, 0.3) is 11.1 Å². The number of hydrogen-bond donors (Lipinski definition) is 2. The molecule has 0 spiro atoms. The smallest absolute Gasteiger partial charge is 0.421 e. The number of methoxy groups -OCH3 is 2. The minimum atomic E-state index is -4.10. The Bertz CT molecular complexity index is 897. The molecule has 3 rings (SSSR count). The van der Waals surface area contributed by atoms with E-state index < -0.39 is 22.6 Å². The SMILES string of the molecule is COC(CNS(=O)(=O)NC(=O)OCC1c2ccccc2-c2ccccc21)OC. The zero-order chi connectivity index (χ0) is 20.1. The van der Waals surface area contributed by atoms with Crippen LogP contribution in [-0.2, 0) is 24.4 Å². The third kappa shape index (κ3) is 4.50. The number of rotatable bonds is 8. The molecule has 2 aromatic carbocycles. The molecule has 0 unspecified atom stereocenters. The molecule has 0 atom stereocenters. The molecule has 0 aromatic heterocycles. The van der Waals surface area contributed by atoms with Gasteiger partial charge < -0.3 is 14.2 Å². The third-order valence-corrected chi connectivity index (χ3v) is 5.51. The van der Waals surface area contributed by atoms with Crippen molar-refractivity contribution in [3.8, 4) is 11.1 Å². The molecular weight excluding hydrogens is 384 g/mol. The van der Waals surface area contributed by atoms with Crippen LogP contribution in [0.15, 0.2) is 48.5 Å². The average molecular weight is 406 g/mol. The molecular formula is C19H22N2O6S. The molecule has 0 fully saturated rings. The summed E-state index contributed by atoms with van der Waals surface area (Å²) in [6.07, 6.45) is -1.82. The Hall–Kier alpha value is -2.46. The molecule has 0 radical (unpaired) electrons. The minimum Gasteiger partial charge on any atom is -0.448 e. The lowest BCUT2D eigenvalue weighted by Crippen LogP contribution is -2.44. The fourth-order valence-corrected chi connectivity index (χ4v) is 3.92. The van der Waals surface area contributed by atoms with E-state index in [4.69, 9.17) is 14.2 Å². The molecule has 0 aliphatic heterocycles. The fourth-order valence-electron chi connectivity index (χ4n) is 3.21. The van der Waals surface area contributed by atoms with Crippen LogP contribution in [0, 0.1) is 0 Å². The monoisotopic (exact) mass is 406 g/mol. The largest absolute Gasteiger partial charge is 0.448 e. The van der Waals surface area contributed by atoms with Gasteiger partial charge in [0, 0.05) is 20.1 Å². The molecule has 8 nitrogen and oxygen atoms in total. The summed E-state index contributed by atoms with van der Waals surface area (Å²) in [5.74, 6) is -0.153. The van der Waals surface area contributed by atoms with Gasteiger partial charge in [-0.2, -0.15) is 13.1 Å². The fraction of sp³-hybridized carbons (Fsp3) is 0.316. The number of ether oxygens (including phenoxy) is 3. The van der Waals surface area contributed by atoms with Crippen LogP contribution in [0.4, 0.5) is 4.79 Å². The standard InChI is InChI=1S/C19H22N2O6S/c1-25-18(26-2)11-20-28(23,24)21-19(22)27-12-17-15-9-5-3-7-13(15)14-8-4-6-10-16(14)17/h3-10,17-18,20H,11-12H2,1-2H3,(H,21,22). The summed E-state index contributed by atoms with van der Waals surface area (Å²) in [7, 11) is -1.34. The first kappa shape index (κ1) is 20.3. The number of fused-ring (bicyclic) bond motifs is 3. The van der Waals surface area contributed by atoms with Crippen molar-refractivity contribution in [2.75, 3.05) is 27.4 Å². The lowest BCUT2D eigenvalue weighted by molar-refractivity contribution is -0.0961. The van der Waals surface area contributed by atoms with E-state index in [2.05, 4.69) is 4.72 Å². The van der Waals surface area contributed by atoms with E-state index in [0.717, 1.165) is 22.3 Å². The Kier molecular flexibility index (Phi) is 6.30. The van der Waals surface area contributed by atoms with Crippen molar-refractivity contribution in [1.29, 1.82) is 0 Å². The lowest BCUT2D eigenvalue weighted by Gasteiger charge is -2.16. The van der Waals surface area contributed by atoms with Crippen molar-refractivity contribution in [3.63, 3.8) is 0 Å². The molecule has 0 saturated carbocycles. The molecule has 9 heteroatoms. The van der Waals surface area contributed by atoms with Crippen LogP contribution in [0.3, 0.4) is 0 Å². The zero-order valence-electron chi connectivity index (χ0n) is 15.5. The van der Waals surface area contributed by atoms with Gasteiger partial charge in [-0.15, -0.1) is 0 Å². The average Bonchev–Trinajstić information content (AvgIpc) is 3.01. The second-order valence-electron chi connectivity index (χ2n) is 6.18. The Labute approximate surface area is 164 Å². The van der Waals surface area contributed by atoms with Crippen molar-refractivity contribution in [2.45, 2.75) is 12.2 Å². The van der Waals surface area contributed by atoms with Crippen molar-refractivity contribution in [2.24, 2.45) is 0 Å². The maximum Gasteiger partial charge on any atom is 0.421 e. The first-order valence-electron chi connectivity index (χ1n) is 8.63. The summed E-state index contributed by atoms with van der Waals surface area (Å²) < 4.78 is 42.8. The second kappa shape index (κ2) is 8.70. The van der Waals surface area contributed by atoms with Crippen molar-refractivity contribution in [3.05, 3.63) is 59.7 Å². The van der Waals surface area contributed by atoms with Crippen LogP contribution < -0.4 is 9.44 Å². The molecule has 2 N–H and O–H groups in total. The van der Waals surface area contributed by atoms with Gasteiger partial charge >= 0.3 is 16.3 Å². The van der Waals surface area contributed by atoms with Gasteiger partial charge in [0.25, 0.3) is 0 Å². The van der Waals surface area contributed by atoms with Crippen molar-refractivity contribution >= 4 is 16.3 Å². The number of benzene rings is 2. The van der Waals surface area contributed by atoms with Gasteiger partial charge in [-0.05, 0) is 22.3 Å². The maximum atomic E-state index is 12.0. The van der Waals surface area contributed by atoms with Gasteiger partial charge in [0.1, 0.15) is 6.61 Å². The first-order valence-corrected chi connectivity index (χ1v) is 10.1. The van der Waals surface area contributed by atoms with Gasteiger partial charge in [0.2, 0.25) is 0 Å². The summed E-state index contributed by atoms with van der Waals surface area (Å²) >= 11 is 0. The van der Waals surface area contributed by atoms with Crippen molar-refractivity contribution < 1.29 is 27.4 Å². The Morgan fingerprint density at radius 1 is 1.00 bits per heavy atom. The predicted octanol–water partition coefficient (Wildman–Crippen LogP) is 1.98. The highest BCUT2D eigenvalue weighted by molar-refractivity contribution is 7.88. The van der Waals surface area contributed by atoms with E-state index >= 15 is 0 Å². The summed E-state index contributed by atoms with van der Waals surface area (Å²) in [6.45, 7) is -0.132. The highest BCUT2D eigenvalue weighted by Gasteiger charge is 2.29. The van der Waals surface area contributed by atoms with Gasteiger partial charge in [0.05, 0.1) is 6.54 Å². The van der Waals surface area contributed by atoms with E-state index in [-0.39, 0.29) is 19.1 Å². The molecule has 150 valence electrons. The Balaban J connectivity index is 1.62. The van der Waals surface area contributed by atoms with Crippen LogP contribution in [0.2, 0.25) is 0 Å². The number of carbonyl (C=O) groups excluding carboxylic acids is 1. The maximum absolute atomic E-state index is 12.0. The molecule has 0 saturated heterocycles. The van der Waals surface area contributed by atoms with Gasteiger partial charge in [-0.3, -0.25) is 0 Å². The normalized spacial score (nSPS) is 13.2. The van der Waals surface area contributed by atoms with Gasteiger partial charge in [-0.25, -0.2) is 9.52 Å². The van der Waals surface area contributed by atoms with E-state index in [1.54, 1.807) is 0 Å². The van der Waals surface area contributed by atoms with E-state index in [9.17, 15) is 13.2 Å². The molecule has 1 amide bonds. The molecule has 2 aromatic rings. The Morgan fingerprint density at radius 2 is 1.54 bits per heavy atom. The van der Waals surface area contributed by atoms with Gasteiger partial charge in [-0.1, -0.05) is 48.5 Å². The van der Waals surface area contributed by atoms with Crippen molar-refractivity contribution in [1.82, 2.24) is 9.44 Å². The number of nitrogens with one attached hydrogen (secondary N) is 2. The molecule has 1 aliphatic carbocycles. The quantitative estimate of drug-likeness (QED) is 0.650. The predicted molar refractivity (Wildman–Crippen MR) is 103 cm³/mol. The summed E-state index contributed by atoms with van der Waals surface area (Å²) in [6, 6.07) is 15.8. The minimum absolute atomic E-state index is 0.0220. The second-order valence-corrected chi connectivity index (χ2v) is 7.68. The van der Waals surface area contributed by atoms with Crippen LogP contribution in [0.5, 0.6) is 0 Å². The highest BCUT2D eigenvalue weighted by atomic mass is 32.2. The van der Waals surface area contributed by atoms with E-state index in [1.165, 1.54) is 14.2 Å². The van der Waals surface area contributed by atoms with Gasteiger partial charge in [0.15, 0.2) is 6.29 Å². The topological polar surface area (TPSA) is 103 Å². The number of amides is 1. The van der Waals surface area contributed by atoms with Crippen LogP contribution in [0.1, 0.15) is 17.0 Å². The number of hydrogen-bond acceptors (Lipinski definition) is 6. The molecule has 0 bridgehead atoms. The summed E-state index contributed by atoms with van der Waals surface area (Å²) in [5, 5.41) is 0. The van der Waals surface area contributed by atoms with Crippen LogP contribution >= 0.6 is 0 Å². The van der Waals surface area contributed by atoms with E-state index in [0.29, 0.717) is 0 Å². The molecule has 0 heterocycles. The lowest BCUT2D eigenvalue weighted by atomic mass is 9.98. The third-order valence-electron chi connectivity index (χ3n) is 4.53. The first-order chi connectivity index (χ1) is 13.4. The Morgan fingerprint density at radius 3 is 2.07 bits per heavy atom.